The molecule has 5 heteroatoms. The highest BCUT2D eigenvalue weighted by molar-refractivity contribution is 7.80. The van der Waals surface area contributed by atoms with Crippen molar-refractivity contribution in [3.63, 3.8) is 0 Å². The standard InChI is InChI=1S/C30H41N3OS/c34-29(31-18-17-24-11-4-5-15-28(24)35)16-6-14-27-26-13-8-20-32-19-7-12-25(30(26)32)22-33(27)21-23-9-2-1-3-10-23/h1-5,9-11,25-27,30H,6-8,12-22H2,(H,31,34)/t25-,26+,27+,30-/m0/s1. The molecule has 1 aromatic carbocycles. The monoisotopic (exact) mass is 491 g/mol. The molecule has 1 N–H and O–H groups in total. The maximum absolute atomic E-state index is 12.6. The fraction of sp³-hybridized carbons (Fsp3) is 0.600. The Morgan fingerprint density at radius 3 is 2.77 bits per heavy atom. The average molecular weight is 492 g/mol. The van der Waals surface area contributed by atoms with Gasteiger partial charge in [-0.2, -0.15) is 0 Å². The zero-order valence-corrected chi connectivity index (χ0v) is 21.9. The molecule has 35 heavy (non-hydrogen) atoms. The van der Waals surface area contributed by atoms with E-state index in [-0.39, 0.29) is 5.91 Å². The van der Waals surface area contributed by atoms with E-state index in [9.17, 15) is 4.79 Å². The highest BCUT2D eigenvalue weighted by Gasteiger charge is 2.48. The number of thiocarbonyl (C=S) groups is 1. The number of allylic oxidation sites excluding steroid dienone is 3. The van der Waals surface area contributed by atoms with Crippen molar-refractivity contribution < 1.29 is 4.79 Å². The van der Waals surface area contributed by atoms with E-state index in [0.717, 1.165) is 55.0 Å². The lowest BCUT2D eigenvalue weighted by Crippen LogP contribution is -2.64. The summed E-state index contributed by atoms with van der Waals surface area (Å²) in [6.45, 7) is 5.53. The summed E-state index contributed by atoms with van der Waals surface area (Å²) in [4.78, 5) is 19.2. The molecule has 1 amide bonds. The van der Waals surface area contributed by atoms with Gasteiger partial charge in [-0.15, -0.1) is 0 Å². The lowest BCUT2D eigenvalue weighted by molar-refractivity contribution is -0.121. The first-order chi connectivity index (χ1) is 17.2. The van der Waals surface area contributed by atoms with Gasteiger partial charge in [-0.1, -0.05) is 60.8 Å². The van der Waals surface area contributed by atoms with Gasteiger partial charge in [0.05, 0.1) is 0 Å². The van der Waals surface area contributed by atoms with Crippen LogP contribution in [0.5, 0.6) is 0 Å². The number of amides is 1. The van der Waals surface area contributed by atoms with E-state index < -0.39 is 0 Å². The van der Waals surface area contributed by atoms with Crippen molar-refractivity contribution in [2.75, 3.05) is 26.2 Å². The quantitative estimate of drug-likeness (QED) is 0.476. The zero-order chi connectivity index (χ0) is 24.0. The van der Waals surface area contributed by atoms with Crippen LogP contribution in [-0.2, 0) is 11.3 Å². The van der Waals surface area contributed by atoms with E-state index in [1.807, 2.05) is 0 Å². The van der Waals surface area contributed by atoms with E-state index >= 15 is 0 Å². The second-order valence-electron chi connectivity index (χ2n) is 11.0. The maximum atomic E-state index is 12.6. The van der Waals surface area contributed by atoms with Gasteiger partial charge in [0.15, 0.2) is 0 Å². The van der Waals surface area contributed by atoms with Gasteiger partial charge in [0.1, 0.15) is 0 Å². The van der Waals surface area contributed by atoms with Crippen LogP contribution < -0.4 is 5.32 Å². The van der Waals surface area contributed by atoms with Crippen LogP contribution in [0.2, 0.25) is 0 Å². The third-order valence-electron chi connectivity index (χ3n) is 8.72. The minimum atomic E-state index is 0.189. The molecular formula is C30H41N3OS. The number of carbonyl (C=O) groups is 1. The molecule has 4 nitrogen and oxygen atoms in total. The molecule has 3 aliphatic heterocycles. The summed E-state index contributed by atoms with van der Waals surface area (Å²) in [5, 5.41) is 3.14. The molecule has 3 heterocycles. The van der Waals surface area contributed by atoms with E-state index in [2.05, 4.69) is 63.7 Å². The van der Waals surface area contributed by atoms with Crippen molar-refractivity contribution >= 4 is 23.0 Å². The molecule has 0 saturated carbocycles. The summed E-state index contributed by atoms with van der Waals surface area (Å²) in [6.07, 6.45) is 16.1. The van der Waals surface area contributed by atoms with Crippen LogP contribution in [0.25, 0.3) is 0 Å². The van der Waals surface area contributed by atoms with Crippen LogP contribution in [0.4, 0.5) is 0 Å². The third kappa shape index (κ3) is 6.12. The highest BCUT2D eigenvalue weighted by Crippen LogP contribution is 2.43. The molecule has 5 rings (SSSR count). The summed E-state index contributed by atoms with van der Waals surface area (Å²) in [6, 6.07) is 12.3. The first-order valence-corrected chi connectivity index (χ1v) is 14.3. The van der Waals surface area contributed by atoms with Gasteiger partial charge in [-0.05, 0) is 81.0 Å². The van der Waals surface area contributed by atoms with Gasteiger partial charge in [-0.3, -0.25) is 14.6 Å². The van der Waals surface area contributed by atoms with E-state index in [0.29, 0.717) is 19.0 Å². The second kappa shape index (κ2) is 11.9. The number of hydrogen-bond acceptors (Lipinski definition) is 4. The van der Waals surface area contributed by atoms with Gasteiger partial charge in [-0.25, -0.2) is 0 Å². The van der Waals surface area contributed by atoms with Gasteiger partial charge in [0.25, 0.3) is 0 Å². The van der Waals surface area contributed by atoms with Crippen molar-refractivity contribution in [1.29, 1.82) is 0 Å². The third-order valence-corrected chi connectivity index (χ3v) is 9.15. The Balaban J connectivity index is 1.17. The number of nitrogens with zero attached hydrogens (tertiary/aromatic N) is 2. The minimum absolute atomic E-state index is 0.189. The van der Waals surface area contributed by atoms with Crippen molar-refractivity contribution in [2.45, 2.75) is 76.4 Å². The summed E-state index contributed by atoms with van der Waals surface area (Å²) in [5.74, 6) is 1.75. The van der Waals surface area contributed by atoms with Crippen LogP contribution in [-0.4, -0.2) is 58.8 Å². The van der Waals surface area contributed by atoms with E-state index in [1.165, 1.54) is 56.5 Å². The van der Waals surface area contributed by atoms with Gasteiger partial charge >= 0.3 is 0 Å². The minimum Gasteiger partial charge on any atom is -0.356 e. The molecular weight excluding hydrogens is 450 g/mol. The summed E-state index contributed by atoms with van der Waals surface area (Å²) in [5.41, 5.74) is 2.62. The van der Waals surface area contributed by atoms with Crippen LogP contribution in [0.15, 0.2) is 54.1 Å². The van der Waals surface area contributed by atoms with Crippen LogP contribution in [0.1, 0.15) is 63.4 Å². The Hall–Kier alpha value is -1.82. The smallest absolute Gasteiger partial charge is 0.220 e. The highest BCUT2D eigenvalue weighted by atomic mass is 32.1. The van der Waals surface area contributed by atoms with Crippen LogP contribution >= 0.6 is 12.2 Å². The normalized spacial score (nSPS) is 28.9. The van der Waals surface area contributed by atoms with Gasteiger partial charge in [0, 0.05) is 49.4 Å². The summed E-state index contributed by atoms with van der Waals surface area (Å²) >= 11 is 5.44. The molecule has 3 fully saturated rings. The Bertz CT molecular complexity index is 940. The van der Waals surface area contributed by atoms with Gasteiger partial charge < -0.3 is 5.32 Å². The molecule has 1 aliphatic carbocycles. The number of rotatable bonds is 9. The Labute approximate surface area is 216 Å². The maximum Gasteiger partial charge on any atom is 0.220 e. The lowest BCUT2D eigenvalue weighted by atomic mass is 9.69. The first-order valence-electron chi connectivity index (χ1n) is 13.9. The molecule has 1 aromatic rings. The fourth-order valence-electron chi connectivity index (χ4n) is 7.18. The van der Waals surface area contributed by atoms with Crippen LogP contribution in [0.3, 0.4) is 0 Å². The molecule has 188 valence electrons. The molecule has 0 radical (unpaired) electrons. The Kier molecular flexibility index (Phi) is 8.48. The summed E-state index contributed by atoms with van der Waals surface area (Å²) in [7, 11) is 0. The van der Waals surface area contributed by atoms with Crippen molar-refractivity contribution in [3.05, 3.63) is 59.7 Å². The zero-order valence-electron chi connectivity index (χ0n) is 21.0. The number of benzene rings is 1. The van der Waals surface area contributed by atoms with Crippen molar-refractivity contribution in [2.24, 2.45) is 11.8 Å². The number of piperidine rings is 3. The Morgan fingerprint density at radius 1 is 1.11 bits per heavy atom. The van der Waals surface area contributed by atoms with E-state index in [4.69, 9.17) is 12.2 Å². The number of hydrogen-bond donors (Lipinski definition) is 1. The largest absolute Gasteiger partial charge is 0.356 e. The Morgan fingerprint density at radius 2 is 1.94 bits per heavy atom. The molecule has 0 aromatic heterocycles. The summed E-state index contributed by atoms with van der Waals surface area (Å²) < 4.78 is 0. The number of nitrogens with one attached hydrogen (secondary N) is 1. The topological polar surface area (TPSA) is 35.6 Å². The predicted molar refractivity (Wildman–Crippen MR) is 147 cm³/mol. The van der Waals surface area contributed by atoms with Crippen LogP contribution in [0, 0.1) is 11.8 Å². The molecule has 0 spiro atoms. The molecule has 4 aliphatic rings. The van der Waals surface area contributed by atoms with Crippen molar-refractivity contribution in [1.82, 2.24) is 15.1 Å². The molecule has 4 atom stereocenters. The fourth-order valence-corrected chi connectivity index (χ4v) is 7.45. The predicted octanol–water partition coefficient (Wildman–Crippen LogP) is 5.29. The van der Waals surface area contributed by atoms with E-state index in [1.54, 1.807) is 0 Å². The lowest BCUT2D eigenvalue weighted by Gasteiger charge is -2.57. The van der Waals surface area contributed by atoms with Gasteiger partial charge in [0.2, 0.25) is 5.91 Å². The number of likely N-dealkylation sites (tertiary alicyclic amines) is 1. The number of carbonyl (C=O) groups excluding carboxylic acids is 1. The molecule has 0 bridgehead atoms. The second-order valence-corrected chi connectivity index (χ2v) is 11.4. The average Bonchev–Trinajstić information content (AvgIpc) is 2.88. The molecule has 3 saturated heterocycles. The van der Waals surface area contributed by atoms with Crippen molar-refractivity contribution in [3.8, 4) is 0 Å². The SMILES string of the molecule is O=C(CCC[C@@H]1[C@H]2CCCN3CCC[C@@H](CN1Cc1ccccc1)[C@@H]23)NCCC1=CC=CCC1=S. The first kappa shape index (κ1) is 24.9. The molecule has 0 unspecified atom stereocenters.